The molecule has 1 aromatic carbocycles. The molecule has 5 nitrogen and oxygen atoms in total. The van der Waals surface area contributed by atoms with Gasteiger partial charge < -0.3 is 5.32 Å². The highest BCUT2D eigenvalue weighted by atomic mass is 79.9. The molecule has 148 valence electrons. The summed E-state index contributed by atoms with van der Waals surface area (Å²) >= 11 is 3.56. The third-order valence-electron chi connectivity index (χ3n) is 5.50. The van der Waals surface area contributed by atoms with Gasteiger partial charge in [0.05, 0.1) is 16.9 Å². The van der Waals surface area contributed by atoms with Crippen molar-refractivity contribution in [3.63, 3.8) is 0 Å². The molecule has 27 heavy (non-hydrogen) atoms. The fourth-order valence-electron chi connectivity index (χ4n) is 4.08. The van der Waals surface area contributed by atoms with Crippen molar-refractivity contribution < 1.29 is 0 Å². The van der Waals surface area contributed by atoms with E-state index in [1.54, 1.807) is 0 Å². The predicted molar refractivity (Wildman–Crippen MR) is 115 cm³/mol. The summed E-state index contributed by atoms with van der Waals surface area (Å²) in [6, 6.07) is 4.13. The Morgan fingerprint density at radius 1 is 1.37 bits per heavy atom. The zero-order valence-electron chi connectivity index (χ0n) is 16.9. The van der Waals surface area contributed by atoms with Gasteiger partial charge in [0.1, 0.15) is 5.82 Å². The fourth-order valence-corrected chi connectivity index (χ4v) is 4.43. The Balaban J connectivity index is 2.16. The Kier molecular flexibility index (Phi) is 6.71. The average Bonchev–Trinajstić information content (AvgIpc) is 2.85. The van der Waals surface area contributed by atoms with Crippen molar-refractivity contribution in [3.05, 3.63) is 38.3 Å². The van der Waals surface area contributed by atoms with Crippen molar-refractivity contribution in [2.75, 3.05) is 26.2 Å². The van der Waals surface area contributed by atoms with E-state index in [1.807, 2.05) is 30.5 Å². The second kappa shape index (κ2) is 8.84. The quantitative estimate of drug-likeness (QED) is 0.775. The number of fused-ring (bicyclic) bond motifs is 1. The molecule has 2 atom stereocenters. The summed E-state index contributed by atoms with van der Waals surface area (Å²) in [4.78, 5) is 20.8. The topological polar surface area (TPSA) is 50.2 Å². The van der Waals surface area contributed by atoms with Crippen LogP contribution in [0.5, 0.6) is 0 Å². The van der Waals surface area contributed by atoms with E-state index in [4.69, 9.17) is 4.98 Å². The summed E-state index contributed by atoms with van der Waals surface area (Å²) in [5.41, 5.74) is 1.98. The number of aryl methyl sites for hydroxylation is 1. The third kappa shape index (κ3) is 4.28. The van der Waals surface area contributed by atoms with E-state index in [-0.39, 0.29) is 11.6 Å². The minimum Gasteiger partial charge on any atom is -0.315 e. The van der Waals surface area contributed by atoms with Gasteiger partial charge in [0.15, 0.2) is 0 Å². The lowest BCUT2D eigenvalue weighted by Crippen LogP contribution is -2.38. The van der Waals surface area contributed by atoms with E-state index in [1.165, 1.54) is 0 Å². The van der Waals surface area contributed by atoms with Crippen LogP contribution in [-0.2, 0) is 6.54 Å². The van der Waals surface area contributed by atoms with Gasteiger partial charge in [-0.2, -0.15) is 0 Å². The van der Waals surface area contributed by atoms with Crippen LogP contribution in [0.3, 0.4) is 0 Å². The summed E-state index contributed by atoms with van der Waals surface area (Å²) < 4.78 is 2.84. The van der Waals surface area contributed by atoms with E-state index >= 15 is 0 Å². The molecule has 1 aromatic heterocycles. The van der Waals surface area contributed by atoms with Crippen LogP contribution in [0.2, 0.25) is 0 Å². The van der Waals surface area contributed by atoms with E-state index in [0.29, 0.717) is 17.8 Å². The monoisotopic (exact) mass is 434 g/mol. The van der Waals surface area contributed by atoms with Crippen molar-refractivity contribution >= 4 is 26.8 Å². The number of aromatic nitrogens is 2. The van der Waals surface area contributed by atoms with Crippen LogP contribution in [-0.4, -0.2) is 40.6 Å². The standard InChI is InChI=1S/C21H31BrN4O/c1-5-7-19(25-9-8-23-12-14(3)13-25)20-24-18-10-15(4)17(22)11-16(18)21(27)26(20)6-2/h10-11,14,19,23H,5-9,12-13H2,1-4H3/t14-,19+/m1/s1. The molecule has 0 bridgehead atoms. The van der Waals surface area contributed by atoms with Gasteiger partial charge in [-0.15, -0.1) is 0 Å². The van der Waals surface area contributed by atoms with Gasteiger partial charge in [-0.05, 0) is 50.4 Å². The molecule has 0 radical (unpaired) electrons. The van der Waals surface area contributed by atoms with Crippen molar-refractivity contribution in [1.29, 1.82) is 0 Å². The fraction of sp³-hybridized carbons (Fsp3) is 0.619. The molecule has 2 heterocycles. The molecule has 2 aromatic rings. The molecule has 1 N–H and O–H groups in total. The second-order valence-electron chi connectivity index (χ2n) is 7.75. The first-order valence-electron chi connectivity index (χ1n) is 10.1. The van der Waals surface area contributed by atoms with Gasteiger partial charge in [-0.25, -0.2) is 4.98 Å². The Bertz CT molecular complexity index is 863. The summed E-state index contributed by atoms with van der Waals surface area (Å²) in [6.45, 7) is 13.3. The molecule has 6 heteroatoms. The van der Waals surface area contributed by atoms with Crippen molar-refractivity contribution in [1.82, 2.24) is 19.8 Å². The predicted octanol–water partition coefficient (Wildman–Crippen LogP) is 3.87. The molecular formula is C21H31BrN4O. The minimum absolute atomic E-state index is 0.0697. The molecule has 0 unspecified atom stereocenters. The number of nitrogens with zero attached hydrogens (tertiary/aromatic N) is 3. The van der Waals surface area contributed by atoms with Crippen LogP contribution in [0.4, 0.5) is 0 Å². The zero-order chi connectivity index (χ0) is 19.6. The molecule has 1 aliphatic heterocycles. The maximum atomic E-state index is 13.2. The Labute approximate surface area is 170 Å². The van der Waals surface area contributed by atoms with Gasteiger partial charge in [-0.1, -0.05) is 36.2 Å². The summed E-state index contributed by atoms with van der Waals surface area (Å²) in [5, 5.41) is 4.22. The molecule has 0 spiro atoms. The van der Waals surface area contributed by atoms with Gasteiger partial charge >= 0.3 is 0 Å². The van der Waals surface area contributed by atoms with Crippen molar-refractivity contribution in [2.24, 2.45) is 5.92 Å². The van der Waals surface area contributed by atoms with E-state index in [0.717, 1.165) is 60.4 Å². The van der Waals surface area contributed by atoms with Gasteiger partial charge in [0, 0.05) is 30.7 Å². The highest BCUT2D eigenvalue weighted by Crippen LogP contribution is 2.28. The van der Waals surface area contributed by atoms with Crippen LogP contribution in [0.15, 0.2) is 21.4 Å². The average molecular weight is 435 g/mol. The summed E-state index contributed by atoms with van der Waals surface area (Å²) in [5.74, 6) is 1.51. The molecule has 0 amide bonds. The number of rotatable bonds is 5. The minimum atomic E-state index is 0.0697. The van der Waals surface area contributed by atoms with Crippen LogP contribution >= 0.6 is 15.9 Å². The lowest BCUT2D eigenvalue weighted by atomic mass is 10.1. The van der Waals surface area contributed by atoms with Crippen LogP contribution < -0.4 is 10.9 Å². The van der Waals surface area contributed by atoms with Gasteiger partial charge in [0.2, 0.25) is 0 Å². The first-order valence-corrected chi connectivity index (χ1v) is 10.9. The Hall–Kier alpha value is -1.24. The lowest BCUT2D eigenvalue weighted by Gasteiger charge is -2.32. The van der Waals surface area contributed by atoms with Gasteiger partial charge in [-0.3, -0.25) is 14.3 Å². The van der Waals surface area contributed by atoms with Crippen molar-refractivity contribution in [3.8, 4) is 0 Å². The van der Waals surface area contributed by atoms with E-state index < -0.39 is 0 Å². The molecule has 3 rings (SSSR count). The second-order valence-corrected chi connectivity index (χ2v) is 8.60. The molecule has 0 aliphatic carbocycles. The lowest BCUT2D eigenvalue weighted by molar-refractivity contribution is 0.169. The van der Waals surface area contributed by atoms with Crippen molar-refractivity contribution in [2.45, 2.75) is 53.1 Å². The van der Waals surface area contributed by atoms with Crippen LogP contribution in [0.1, 0.15) is 51.0 Å². The first kappa shape index (κ1) is 20.5. The summed E-state index contributed by atoms with van der Waals surface area (Å²) in [6.07, 6.45) is 2.08. The Morgan fingerprint density at radius 2 is 2.15 bits per heavy atom. The molecule has 1 saturated heterocycles. The molecular weight excluding hydrogens is 404 g/mol. The normalized spacial score (nSPS) is 20.0. The van der Waals surface area contributed by atoms with E-state index in [2.05, 4.69) is 40.0 Å². The number of hydrogen-bond acceptors (Lipinski definition) is 4. The zero-order valence-corrected chi connectivity index (χ0v) is 18.5. The molecule has 1 aliphatic rings. The number of hydrogen-bond donors (Lipinski definition) is 1. The number of benzene rings is 1. The first-order chi connectivity index (χ1) is 13.0. The number of halogens is 1. The van der Waals surface area contributed by atoms with E-state index in [9.17, 15) is 4.79 Å². The Morgan fingerprint density at radius 3 is 2.85 bits per heavy atom. The highest BCUT2D eigenvalue weighted by Gasteiger charge is 2.27. The van der Waals surface area contributed by atoms with Crippen LogP contribution in [0.25, 0.3) is 10.9 Å². The third-order valence-corrected chi connectivity index (χ3v) is 6.35. The highest BCUT2D eigenvalue weighted by molar-refractivity contribution is 9.10. The maximum absolute atomic E-state index is 13.2. The SMILES string of the molecule is CCC[C@@H](c1nc2cc(C)c(Br)cc2c(=O)n1CC)N1CCNC[C@@H](C)C1. The molecule has 1 fully saturated rings. The molecule has 0 saturated carbocycles. The van der Waals surface area contributed by atoms with Gasteiger partial charge in [0.25, 0.3) is 5.56 Å². The van der Waals surface area contributed by atoms with Crippen LogP contribution in [0, 0.1) is 12.8 Å². The smallest absolute Gasteiger partial charge is 0.261 e. The largest absolute Gasteiger partial charge is 0.315 e. The number of nitrogens with one attached hydrogen (secondary N) is 1. The maximum Gasteiger partial charge on any atom is 0.261 e. The summed E-state index contributed by atoms with van der Waals surface area (Å²) in [7, 11) is 0.